The number of carbonyl (C=O) groups is 3. The average Bonchev–Trinajstić information content (AvgIpc) is 2.71. The molecule has 0 saturated heterocycles. The molecule has 0 aliphatic heterocycles. The van der Waals surface area contributed by atoms with E-state index >= 15 is 4.39 Å². The van der Waals surface area contributed by atoms with Gasteiger partial charge in [0.1, 0.15) is 5.60 Å². The first-order valence-electron chi connectivity index (χ1n) is 11.1. The number of halogens is 1. The number of alkyl carbamates (subject to hydrolysis) is 1. The van der Waals surface area contributed by atoms with Gasteiger partial charge in [0, 0.05) is 5.92 Å². The Bertz CT molecular complexity index is 975. The monoisotopic (exact) mass is 459 g/mol. The van der Waals surface area contributed by atoms with Crippen molar-refractivity contribution in [2.45, 2.75) is 72.2 Å². The van der Waals surface area contributed by atoms with Crippen molar-refractivity contribution in [3.05, 3.63) is 52.6 Å². The summed E-state index contributed by atoms with van der Waals surface area (Å²) in [6.45, 7) is 12.2. The number of hydrogen-bond acceptors (Lipinski definition) is 5. The van der Waals surface area contributed by atoms with Crippen LogP contribution in [0.1, 0.15) is 59.1 Å². The van der Waals surface area contributed by atoms with Crippen LogP contribution in [-0.4, -0.2) is 42.3 Å². The highest BCUT2D eigenvalue weighted by atomic mass is 19.1. The Morgan fingerprint density at radius 2 is 1.85 bits per heavy atom. The van der Waals surface area contributed by atoms with Crippen molar-refractivity contribution in [2.24, 2.45) is 5.92 Å². The van der Waals surface area contributed by atoms with Crippen molar-refractivity contribution in [3.8, 4) is 0 Å². The fourth-order valence-corrected chi connectivity index (χ4v) is 4.03. The molecule has 2 rings (SSSR count). The van der Waals surface area contributed by atoms with Gasteiger partial charge in [0.15, 0.2) is 12.0 Å². The molecule has 0 aromatic heterocycles. The lowest BCUT2D eigenvalue weighted by molar-refractivity contribution is -0.144. The number of esters is 1. The summed E-state index contributed by atoms with van der Waals surface area (Å²) in [5, 5.41) is 2.62. The lowest BCUT2D eigenvalue weighted by Gasteiger charge is -2.39. The standard InChI is InChI=1S/C26H34FNO5/c1-8-32-23(30)14-22(28-24(31)33-25(5,6)7)21-13-20(19-12-10-9-11-16(19)2)17(3)18(4)26(21,27)15-29/h9-13,15,21-22H,8,14H2,1-7H3,(H,28,31). The van der Waals surface area contributed by atoms with Crippen molar-refractivity contribution < 1.29 is 28.2 Å². The molecule has 1 aromatic rings. The van der Waals surface area contributed by atoms with E-state index in [4.69, 9.17) is 9.47 Å². The number of aryl methyl sites for hydroxylation is 1. The molecule has 1 aliphatic carbocycles. The smallest absolute Gasteiger partial charge is 0.407 e. The lowest BCUT2D eigenvalue weighted by atomic mass is 9.70. The normalized spacial score (nSPS) is 21.7. The minimum Gasteiger partial charge on any atom is -0.466 e. The molecule has 1 amide bonds. The van der Waals surface area contributed by atoms with E-state index in [1.807, 2.05) is 31.2 Å². The molecule has 33 heavy (non-hydrogen) atoms. The molecule has 6 nitrogen and oxygen atoms in total. The van der Waals surface area contributed by atoms with Crippen LogP contribution in [0.15, 0.2) is 41.5 Å². The minimum atomic E-state index is -2.41. The number of ether oxygens (including phenoxy) is 2. The van der Waals surface area contributed by atoms with Gasteiger partial charge in [-0.25, -0.2) is 9.18 Å². The summed E-state index contributed by atoms with van der Waals surface area (Å²) < 4.78 is 26.6. The zero-order valence-corrected chi connectivity index (χ0v) is 20.5. The lowest BCUT2D eigenvalue weighted by Crippen LogP contribution is -2.52. The number of aldehydes is 1. The highest BCUT2D eigenvalue weighted by Crippen LogP contribution is 2.44. The summed E-state index contributed by atoms with van der Waals surface area (Å²) in [6, 6.07) is 6.58. The molecule has 1 aromatic carbocycles. The molecule has 0 radical (unpaired) electrons. The van der Waals surface area contributed by atoms with E-state index in [-0.39, 0.29) is 24.9 Å². The number of alkyl halides is 1. The first kappa shape index (κ1) is 26.3. The average molecular weight is 460 g/mol. The van der Waals surface area contributed by atoms with Gasteiger partial charge in [0.05, 0.1) is 19.1 Å². The van der Waals surface area contributed by atoms with Gasteiger partial charge in [-0.15, -0.1) is 0 Å². The first-order chi connectivity index (χ1) is 15.3. The topological polar surface area (TPSA) is 81.7 Å². The number of hydrogen-bond donors (Lipinski definition) is 1. The zero-order valence-electron chi connectivity index (χ0n) is 20.5. The van der Waals surface area contributed by atoms with E-state index in [1.54, 1.807) is 47.6 Å². The SMILES string of the molecule is CCOC(=O)CC(NC(=O)OC(C)(C)C)C1C=C(c2ccccc2C)C(C)=C(C)C1(F)C=O. The number of benzene rings is 1. The van der Waals surface area contributed by atoms with Crippen LogP contribution >= 0.6 is 0 Å². The van der Waals surface area contributed by atoms with Crippen molar-refractivity contribution in [3.63, 3.8) is 0 Å². The first-order valence-corrected chi connectivity index (χ1v) is 11.1. The third-order valence-electron chi connectivity index (χ3n) is 5.81. The number of rotatable bonds is 7. The van der Waals surface area contributed by atoms with Crippen LogP contribution in [0.2, 0.25) is 0 Å². The van der Waals surface area contributed by atoms with Gasteiger partial charge in [-0.05, 0) is 76.3 Å². The molecule has 3 atom stereocenters. The van der Waals surface area contributed by atoms with E-state index in [0.29, 0.717) is 5.57 Å². The molecule has 0 saturated carbocycles. The number of carbonyl (C=O) groups excluding carboxylic acids is 3. The fraction of sp³-hybridized carbons (Fsp3) is 0.500. The van der Waals surface area contributed by atoms with Crippen LogP contribution in [-0.2, 0) is 19.1 Å². The van der Waals surface area contributed by atoms with Crippen molar-refractivity contribution in [1.29, 1.82) is 0 Å². The van der Waals surface area contributed by atoms with Crippen LogP contribution in [0, 0.1) is 12.8 Å². The fourth-order valence-electron chi connectivity index (χ4n) is 4.03. The maximum absolute atomic E-state index is 16.3. The Labute approximate surface area is 195 Å². The third kappa shape index (κ3) is 6.09. The Morgan fingerprint density at radius 1 is 1.21 bits per heavy atom. The second kappa shape index (κ2) is 10.3. The Balaban J connectivity index is 2.60. The molecular weight excluding hydrogens is 425 g/mol. The Hall–Kier alpha value is -2.96. The van der Waals surface area contributed by atoms with E-state index in [0.717, 1.165) is 16.7 Å². The molecule has 180 valence electrons. The van der Waals surface area contributed by atoms with Gasteiger partial charge in [-0.3, -0.25) is 9.59 Å². The van der Waals surface area contributed by atoms with Crippen molar-refractivity contribution >= 4 is 23.9 Å². The van der Waals surface area contributed by atoms with Gasteiger partial charge in [0.25, 0.3) is 0 Å². The molecular formula is C26H34FNO5. The molecule has 1 aliphatic rings. The van der Waals surface area contributed by atoms with Gasteiger partial charge < -0.3 is 14.8 Å². The second-order valence-electron chi connectivity index (χ2n) is 9.32. The summed E-state index contributed by atoms with van der Waals surface area (Å²) >= 11 is 0. The van der Waals surface area contributed by atoms with E-state index in [1.165, 1.54) is 0 Å². The number of nitrogens with one attached hydrogen (secondary N) is 1. The quantitative estimate of drug-likeness (QED) is 0.453. The molecule has 0 heterocycles. The molecule has 3 unspecified atom stereocenters. The van der Waals surface area contributed by atoms with Crippen LogP contribution in [0.3, 0.4) is 0 Å². The van der Waals surface area contributed by atoms with E-state index in [9.17, 15) is 14.4 Å². The van der Waals surface area contributed by atoms with Crippen LogP contribution in [0.4, 0.5) is 9.18 Å². The minimum absolute atomic E-state index is 0.138. The van der Waals surface area contributed by atoms with Gasteiger partial charge in [-0.1, -0.05) is 30.3 Å². The number of amides is 1. The maximum Gasteiger partial charge on any atom is 0.407 e. The molecule has 7 heteroatoms. The largest absolute Gasteiger partial charge is 0.466 e. The highest BCUT2D eigenvalue weighted by Gasteiger charge is 2.48. The molecule has 0 bridgehead atoms. The predicted molar refractivity (Wildman–Crippen MR) is 125 cm³/mol. The Morgan fingerprint density at radius 3 is 2.39 bits per heavy atom. The van der Waals surface area contributed by atoms with Crippen molar-refractivity contribution in [1.82, 2.24) is 5.32 Å². The van der Waals surface area contributed by atoms with Gasteiger partial charge in [0.2, 0.25) is 0 Å². The van der Waals surface area contributed by atoms with Gasteiger partial charge in [-0.2, -0.15) is 0 Å². The highest BCUT2D eigenvalue weighted by molar-refractivity contribution is 5.87. The van der Waals surface area contributed by atoms with E-state index < -0.39 is 35.3 Å². The van der Waals surface area contributed by atoms with Crippen LogP contribution in [0.5, 0.6) is 0 Å². The summed E-state index contributed by atoms with van der Waals surface area (Å²) in [4.78, 5) is 37.0. The summed E-state index contributed by atoms with van der Waals surface area (Å²) in [7, 11) is 0. The van der Waals surface area contributed by atoms with Crippen LogP contribution < -0.4 is 5.32 Å². The third-order valence-corrected chi connectivity index (χ3v) is 5.81. The molecule has 0 fully saturated rings. The van der Waals surface area contributed by atoms with Gasteiger partial charge >= 0.3 is 12.1 Å². The molecule has 0 spiro atoms. The summed E-state index contributed by atoms with van der Waals surface area (Å²) in [6.07, 6.45) is 0.762. The van der Waals surface area contributed by atoms with Crippen LogP contribution in [0.25, 0.3) is 5.57 Å². The second-order valence-corrected chi connectivity index (χ2v) is 9.32. The zero-order chi connectivity index (χ0) is 25.0. The Kier molecular flexibility index (Phi) is 8.22. The summed E-state index contributed by atoms with van der Waals surface area (Å²) in [5.74, 6) is -1.76. The summed E-state index contributed by atoms with van der Waals surface area (Å²) in [5.41, 5.74) is 0.296. The van der Waals surface area contributed by atoms with Crippen molar-refractivity contribution in [2.75, 3.05) is 6.61 Å². The molecule has 1 N–H and O–H groups in total. The maximum atomic E-state index is 16.3. The van der Waals surface area contributed by atoms with E-state index in [2.05, 4.69) is 5.32 Å². The predicted octanol–water partition coefficient (Wildman–Crippen LogP) is 5.10. The number of allylic oxidation sites excluding steroid dienone is 3.